The molecule has 2 radical (unpaired) electrons. The van der Waals surface area contributed by atoms with Crippen molar-refractivity contribution in [3.63, 3.8) is 0 Å². The molecule has 0 aliphatic rings. The van der Waals surface area contributed by atoms with Gasteiger partial charge in [-0.1, -0.05) is 0 Å². The summed E-state index contributed by atoms with van der Waals surface area (Å²) < 4.78 is 0. The first-order chi connectivity index (χ1) is 4.68. The van der Waals surface area contributed by atoms with Gasteiger partial charge in [-0.3, -0.25) is 0 Å². The van der Waals surface area contributed by atoms with Crippen molar-refractivity contribution in [3.05, 3.63) is 0 Å². The van der Waals surface area contributed by atoms with Crippen molar-refractivity contribution >= 4 is 22.5 Å². The van der Waals surface area contributed by atoms with Crippen LogP contribution < -0.4 is 5.73 Å². The van der Waals surface area contributed by atoms with Crippen LogP contribution in [0.3, 0.4) is 0 Å². The summed E-state index contributed by atoms with van der Waals surface area (Å²) in [5.74, 6) is 0. The summed E-state index contributed by atoms with van der Waals surface area (Å²) in [5.41, 5.74) is 3.94. The van der Waals surface area contributed by atoms with E-state index in [1.807, 2.05) is 0 Å². The van der Waals surface area contributed by atoms with Gasteiger partial charge in [0, 0.05) is 0 Å². The molecule has 0 amide bonds. The van der Waals surface area contributed by atoms with E-state index in [1.54, 1.807) is 0 Å². The van der Waals surface area contributed by atoms with Crippen LogP contribution in [0.15, 0.2) is 0 Å². The van der Waals surface area contributed by atoms with Gasteiger partial charge >= 0.3 is 27.5 Å². The van der Waals surface area contributed by atoms with E-state index < -0.39 is 25.4 Å². The molecule has 0 unspecified atom stereocenters. The maximum atomic E-state index is 8.34. The van der Waals surface area contributed by atoms with Gasteiger partial charge in [-0.25, -0.2) is 0 Å². The molecule has 0 aliphatic heterocycles. The molecular weight excluding hydrogens is 241 g/mol. The molecule has 0 aromatic heterocycles. The second-order valence-electron chi connectivity index (χ2n) is 1.84. The Kier molecular flexibility index (Phi) is 10.3. The second-order valence-corrected chi connectivity index (χ2v) is 1.84. The molecule has 0 aliphatic carbocycles. The van der Waals surface area contributed by atoms with E-state index in [1.165, 1.54) is 22.5 Å². The Hall–Kier alpha value is 0.639. The summed E-state index contributed by atoms with van der Waals surface area (Å²) in [5, 5.41) is 25.0. The van der Waals surface area contributed by atoms with E-state index >= 15 is 0 Å². The average molecular weight is 256 g/mol. The summed E-state index contributed by atoms with van der Waals surface area (Å²) in [6.45, 7) is -1.21. The number of nitrogens with two attached hydrogens (primary N) is 1. The van der Waals surface area contributed by atoms with Gasteiger partial charge in [0.2, 0.25) is 0 Å². The van der Waals surface area contributed by atoms with Crippen LogP contribution in [-0.2, 0) is 0 Å². The summed E-state index contributed by atoms with van der Waals surface area (Å²) in [6, 6.07) is 0. The Bertz CT molecular complexity index is 59.6. The monoisotopic (exact) mass is 257 g/mol. The minimum absolute atomic E-state index is 0.403. The Morgan fingerprint density at radius 3 is 1.30 bits per heavy atom. The van der Waals surface area contributed by atoms with Gasteiger partial charge in [0.15, 0.2) is 0 Å². The molecular formula is C5H15NO3Sn. The van der Waals surface area contributed by atoms with Crippen molar-refractivity contribution in [1.82, 2.24) is 0 Å². The van der Waals surface area contributed by atoms with Crippen molar-refractivity contribution in [2.24, 2.45) is 5.73 Å². The topological polar surface area (TPSA) is 86.7 Å². The summed E-state index contributed by atoms with van der Waals surface area (Å²) in [4.78, 5) is 2.13. The van der Waals surface area contributed by atoms with Gasteiger partial charge in [-0.2, -0.15) is 0 Å². The van der Waals surface area contributed by atoms with Gasteiger partial charge in [0.1, 0.15) is 0 Å². The third kappa shape index (κ3) is 5.43. The fourth-order valence-electron chi connectivity index (χ4n) is 0.150. The third-order valence-electron chi connectivity index (χ3n) is 0.945. The molecule has 0 rings (SSSR count). The van der Waals surface area contributed by atoms with Gasteiger partial charge in [0.05, 0.1) is 25.4 Å². The molecule has 0 saturated carbocycles. The van der Waals surface area contributed by atoms with Crippen molar-refractivity contribution in [3.8, 4) is 0 Å². The number of hydrogen-bond acceptors (Lipinski definition) is 4. The van der Waals surface area contributed by atoms with Crippen molar-refractivity contribution in [1.29, 1.82) is 0 Å². The van der Waals surface area contributed by atoms with Crippen molar-refractivity contribution in [2.75, 3.05) is 19.8 Å². The quantitative estimate of drug-likeness (QED) is 0.424. The van der Waals surface area contributed by atoms with Crippen LogP contribution in [-0.4, -0.2) is 63.2 Å². The second kappa shape index (κ2) is 7.74. The zero-order chi connectivity index (χ0) is 8.62. The van der Waals surface area contributed by atoms with Crippen molar-refractivity contribution < 1.29 is 15.3 Å². The maximum absolute atomic E-state index is 8.34. The number of aliphatic hydroxyl groups is 3. The Balaban J connectivity index is 0. The number of hydrogen-bond donors (Lipinski definition) is 4. The van der Waals surface area contributed by atoms with E-state index in [2.05, 4.69) is 4.94 Å². The normalized spacial score (nSPS) is 10.2. The molecule has 0 heterocycles. The van der Waals surface area contributed by atoms with Crippen LogP contribution in [0.1, 0.15) is 0 Å². The van der Waals surface area contributed by atoms with Crippen LogP contribution in [0.5, 0.6) is 0 Å². The first-order valence-electron chi connectivity index (χ1n) is 2.88. The van der Waals surface area contributed by atoms with Crippen LogP contribution in [0.25, 0.3) is 0 Å². The molecule has 5 N–H and O–H groups in total. The van der Waals surface area contributed by atoms with Gasteiger partial charge in [-0.05, 0) is 0 Å². The Labute approximate surface area is 74.1 Å². The minimum atomic E-state index is -1.21. The fraction of sp³-hybridized carbons (Fsp3) is 1.00. The van der Waals surface area contributed by atoms with Crippen LogP contribution >= 0.6 is 0 Å². The molecule has 0 fully saturated rings. The van der Waals surface area contributed by atoms with E-state index in [4.69, 9.17) is 21.1 Å². The van der Waals surface area contributed by atoms with E-state index in [0.717, 1.165) is 0 Å². The molecule has 0 aromatic carbocycles. The standard InChI is InChI=1S/C4H11NO3.CH3.Sn.H/c5-4(1-6,2-7)3-8;;;/h6-8H,1-3,5H2;1H3;;. The number of rotatable bonds is 3. The molecule has 10 heavy (non-hydrogen) atoms. The molecule has 4 nitrogen and oxygen atoms in total. The van der Waals surface area contributed by atoms with Gasteiger partial charge in [0.25, 0.3) is 0 Å². The SMILES string of the molecule is NC(CO)(CO)CO.[CH3][SnH]. The van der Waals surface area contributed by atoms with Crippen LogP contribution in [0.2, 0.25) is 4.94 Å². The molecule has 0 bridgehead atoms. The Morgan fingerprint density at radius 1 is 1.10 bits per heavy atom. The average Bonchev–Trinajstić information content (AvgIpc) is 2.07. The first-order valence-corrected chi connectivity index (χ1v) is 6.17. The van der Waals surface area contributed by atoms with Crippen LogP contribution in [0.4, 0.5) is 0 Å². The molecule has 62 valence electrons. The fourth-order valence-corrected chi connectivity index (χ4v) is 0.150. The molecule has 0 saturated heterocycles. The zero-order valence-electron chi connectivity index (χ0n) is 6.12. The first kappa shape index (κ1) is 13.2. The van der Waals surface area contributed by atoms with Gasteiger partial charge < -0.3 is 21.1 Å². The predicted octanol–water partition coefficient (Wildman–Crippen LogP) is -2.40. The van der Waals surface area contributed by atoms with E-state index in [9.17, 15) is 0 Å². The zero-order valence-corrected chi connectivity index (χ0v) is 9.41. The molecule has 0 atom stereocenters. The van der Waals surface area contributed by atoms with Crippen molar-refractivity contribution in [2.45, 2.75) is 10.5 Å². The molecule has 0 spiro atoms. The van der Waals surface area contributed by atoms with E-state index in [-0.39, 0.29) is 0 Å². The molecule has 0 aromatic rings. The summed E-state index contributed by atoms with van der Waals surface area (Å²) in [6.07, 6.45) is 0. The van der Waals surface area contributed by atoms with E-state index in [0.29, 0.717) is 0 Å². The van der Waals surface area contributed by atoms with Crippen LogP contribution in [0, 0.1) is 0 Å². The summed E-state index contributed by atoms with van der Waals surface area (Å²) >= 11 is 1.35. The summed E-state index contributed by atoms with van der Waals surface area (Å²) in [7, 11) is 0. The number of aliphatic hydroxyl groups excluding tert-OH is 3. The third-order valence-corrected chi connectivity index (χ3v) is 0.945. The molecule has 5 heteroatoms. The van der Waals surface area contributed by atoms with Gasteiger partial charge in [-0.15, -0.1) is 0 Å². The Morgan fingerprint density at radius 2 is 1.30 bits per heavy atom. The predicted molar refractivity (Wildman–Crippen MR) is 41.2 cm³/mol.